The lowest BCUT2D eigenvalue weighted by atomic mass is 9.75. The van der Waals surface area contributed by atoms with Crippen molar-refractivity contribution in [1.29, 1.82) is 5.26 Å². The molecule has 0 aromatic heterocycles. The van der Waals surface area contributed by atoms with Crippen molar-refractivity contribution in [3.8, 4) is 6.07 Å². The number of benzene rings is 1. The lowest BCUT2D eigenvalue weighted by Crippen LogP contribution is -2.48. The molecule has 0 heterocycles. The van der Waals surface area contributed by atoms with Crippen molar-refractivity contribution in [2.75, 3.05) is 5.32 Å². The lowest BCUT2D eigenvalue weighted by Gasteiger charge is -2.37. The minimum atomic E-state index is -0.315. The number of rotatable bonds is 3. The van der Waals surface area contributed by atoms with Crippen LogP contribution in [0.4, 0.5) is 5.69 Å². The Morgan fingerprint density at radius 2 is 2.28 bits per heavy atom. The van der Waals surface area contributed by atoms with Gasteiger partial charge in [0.25, 0.3) is 0 Å². The molecule has 18 heavy (non-hydrogen) atoms. The predicted octanol–water partition coefficient (Wildman–Crippen LogP) is 2.08. The number of carbonyl (C=O) groups is 1. The van der Waals surface area contributed by atoms with Gasteiger partial charge >= 0.3 is 0 Å². The average Bonchev–Trinajstić information content (AvgIpc) is 2.30. The Labute approximate surface area is 107 Å². The second kappa shape index (κ2) is 4.79. The van der Waals surface area contributed by atoms with E-state index in [0.29, 0.717) is 17.7 Å². The number of nitrogens with two attached hydrogens (primary N) is 1. The van der Waals surface area contributed by atoms with Gasteiger partial charge in [-0.2, -0.15) is 5.26 Å². The molecular weight excluding hydrogens is 226 g/mol. The van der Waals surface area contributed by atoms with Crippen LogP contribution in [0, 0.1) is 18.3 Å². The minimum absolute atomic E-state index is 0.0737. The van der Waals surface area contributed by atoms with Gasteiger partial charge in [-0.1, -0.05) is 6.07 Å². The highest BCUT2D eigenvalue weighted by Gasteiger charge is 2.34. The maximum Gasteiger partial charge on any atom is 0.226 e. The van der Waals surface area contributed by atoms with E-state index in [1.807, 2.05) is 13.0 Å². The Morgan fingerprint density at radius 1 is 1.56 bits per heavy atom. The summed E-state index contributed by atoms with van der Waals surface area (Å²) in [6.07, 6.45) is 3.28. The van der Waals surface area contributed by atoms with Crippen molar-refractivity contribution >= 4 is 11.6 Å². The second-order valence-electron chi connectivity index (χ2n) is 5.08. The molecular formula is C14H17N3O. The van der Waals surface area contributed by atoms with Crippen LogP contribution >= 0.6 is 0 Å². The summed E-state index contributed by atoms with van der Waals surface area (Å²) in [7, 11) is 0. The molecule has 1 aromatic carbocycles. The lowest BCUT2D eigenvalue weighted by molar-refractivity contribution is -0.118. The minimum Gasteiger partial charge on any atom is -0.326 e. The summed E-state index contributed by atoms with van der Waals surface area (Å²) in [6, 6.07) is 7.32. The number of nitrogens with zero attached hydrogens (tertiary/aromatic N) is 1. The summed E-state index contributed by atoms with van der Waals surface area (Å²) in [5, 5.41) is 11.7. The molecule has 0 aliphatic heterocycles. The zero-order valence-electron chi connectivity index (χ0n) is 10.5. The van der Waals surface area contributed by atoms with E-state index < -0.39 is 0 Å². The van der Waals surface area contributed by atoms with Crippen molar-refractivity contribution in [2.45, 2.75) is 38.1 Å². The molecule has 4 nitrogen and oxygen atoms in total. The SMILES string of the molecule is Cc1ccc(C#N)cc1NC(=O)CC1(N)CCC1. The van der Waals surface area contributed by atoms with E-state index in [1.54, 1.807) is 12.1 Å². The van der Waals surface area contributed by atoms with E-state index in [0.717, 1.165) is 24.8 Å². The molecule has 3 N–H and O–H groups in total. The Kier molecular flexibility index (Phi) is 3.35. The van der Waals surface area contributed by atoms with E-state index in [4.69, 9.17) is 11.0 Å². The van der Waals surface area contributed by atoms with Crippen LogP contribution in [-0.2, 0) is 4.79 Å². The van der Waals surface area contributed by atoms with Gasteiger partial charge in [0.15, 0.2) is 0 Å². The van der Waals surface area contributed by atoms with Crippen molar-refractivity contribution in [2.24, 2.45) is 5.73 Å². The molecule has 0 unspecified atom stereocenters. The molecule has 1 saturated carbocycles. The third-order valence-electron chi connectivity index (χ3n) is 3.50. The zero-order chi connectivity index (χ0) is 13.2. The second-order valence-corrected chi connectivity index (χ2v) is 5.08. The highest BCUT2D eigenvalue weighted by atomic mass is 16.1. The normalized spacial score (nSPS) is 16.5. The van der Waals surface area contributed by atoms with E-state index in [-0.39, 0.29) is 11.4 Å². The quantitative estimate of drug-likeness (QED) is 0.853. The van der Waals surface area contributed by atoms with Gasteiger partial charge in [0.05, 0.1) is 11.6 Å². The summed E-state index contributed by atoms with van der Waals surface area (Å²) in [5.74, 6) is -0.0737. The van der Waals surface area contributed by atoms with Gasteiger partial charge in [-0.15, -0.1) is 0 Å². The van der Waals surface area contributed by atoms with Gasteiger partial charge in [-0.25, -0.2) is 0 Å². The van der Waals surface area contributed by atoms with Gasteiger partial charge in [0, 0.05) is 17.6 Å². The molecule has 1 fully saturated rings. The first-order valence-electron chi connectivity index (χ1n) is 6.12. The van der Waals surface area contributed by atoms with Gasteiger partial charge in [0.1, 0.15) is 0 Å². The maximum atomic E-state index is 11.9. The van der Waals surface area contributed by atoms with Crippen LogP contribution in [0.15, 0.2) is 18.2 Å². The number of hydrogen-bond acceptors (Lipinski definition) is 3. The number of aryl methyl sites for hydroxylation is 1. The average molecular weight is 243 g/mol. The molecule has 0 bridgehead atoms. The van der Waals surface area contributed by atoms with Crippen LogP contribution in [0.25, 0.3) is 0 Å². The zero-order valence-corrected chi connectivity index (χ0v) is 10.5. The van der Waals surface area contributed by atoms with Crippen molar-refractivity contribution in [1.82, 2.24) is 0 Å². The van der Waals surface area contributed by atoms with E-state index in [9.17, 15) is 4.79 Å². The van der Waals surface area contributed by atoms with Gasteiger partial charge in [-0.3, -0.25) is 4.79 Å². The third-order valence-corrected chi connectivity index (χ3v) is 3.50. The van der Waals surface area contributed by atoms with Crippen LogP contribution in [0.1, 0.15) is 36.8 Å². The van der Waals surface area contributed by atoms with E-state index in [2.05, 4.69) is 11.4 Å². The Hall–Kier alpha value is -1.86. The molecule has 1 aliphatic rings. The third kappa shape index (κ3) is 2.69. The van der Waals surface area contributed by atoms with Gasteiger partial charge in [-0.05, 0) is 43.9 Å². The Balaban J connectivity index is 2.04. The highest BCUT2D eigenvalue weighted by molar-refractivity contribution is 5.92. The molecule has 0 saturated heterocycles. The topological polar surface area (TPSA) is 78.9 Å². The number of hydrogen-bond donors (Lipinski definition) is 2. The summed E-state index contributed by atoms with van der Waals surface area (Å²) in [6.45, 7) is 1.90. The summed E-state index contributed by atoms with van der Waals surface area (Å²) < 4.78 is 0. The predicted molar refractivity (Wildman–Crippen MR) is 69.9 cm³/mol. The van der Waals surface area contributed by atoms with Crippen LogP contribution < -0.4 is 11.1 Å². The number of amides is 1. The van der Waals surface area contributed by atoms with Gasteiger partial charge in [0.2, 0.25) is 5.91 Å². The summed E-state index contributed by atoms with van der Waals surface area (Å²) in [5.41, 5.74) is 7.91. The van der Waals surface area contributed by atoms with Gasteiger partial charge < -0.3 is 11.1 Å². The van der Waals surface area contributed by atoms with Crippen LogP contribution in [0.2, 0.25) is 0 Å². The molecule has 0 atom stereocenters. The summed E-state index contributed by atoms with van der Waals surface area (Å²) in [4.78, 5) is 11.9. The molecule has 94 valence electrons. The fourth-order valence-electron chi connectivity index (χ4n) is 2.15. The van der Waals surface area contributed by atoms with Crippen LogP contribution in [0.3, 0.4) is 0 Å². The molecule has 2 rings (SSSR count). The fraction of sp³-hybridized carbons (Fsp3) is 0.429. The molecule has 1 aromatic rings. The van der Waals surface area contributed by atoms with E-state index in [1.165, 1.54) is 0 Å². The molecule has 1 aliphatic carbocycles. The highest BCUT2D eigenvalue weighted by Crippen LogP contribution is 2.32. The van der Waals surface area contributed by atoms with E-state index >= 15 is 0 Å². The number of anilines is 1. The van der Waals surface area contributed by atoms with Crippen LogP contribution in [-0.4, -0.2) is 11.4 Å². The number of nitriles is 1. The van der Waals surface area contributed by atoms with Crippen LogP contribution in [0.5, 0.6) is 0 Å². The van der Waals surface area contributed by atoms with Crippen molar-refractivity contribution < 1.29 is 4.79 Å². The first-order valence-corrected chi connectivity index (χ1v) is 6.12. The largest absolute Gasteiger partial charge is 0.326 e. The molecule has 1 amide bonds. The molecule has 0 spiro atoms. The summed E-state index contributed by atoms with van der Waals surface area (Å²) >= 11 is 0. The maximum absolute atomic E-state index is 11.9. The fourth-order valence-corrected chi connectivity index (χ4v) is 2.15. The smallest absolute Gasteiger partial charge is 0.226 e. The molecule has 0 radical (unpaired) electrons. The molecule has 4 heteroatoms. The standard InChI is InChI=1S/C14H17N3O/c1-10-3-4-11(9-15)7-12(10)17-13(18)8-14(16)5-2-6-14/h3-4,7H,2,5-6,8,16H2,1H3,(H,17,18). The first-order chi connectivity index (χ1) is 8.52. The van der Waals surface area contributed by atoms with Crippen molar-refractivity contribution in [3.63, 3.8) is 0 Å². The Morgan fingerprint density at radius 3 is 2.83 bits per heavy atom. The Bertz CT molecular complexity index is 512. The monoisotopic (exact) mass is 243 g/mol. The number of carbonyl (C=O) groups excluding carboxylic acids is 1. The van der Waals surface area contributed by atoms with Crippen molar-refractivity contribution in [3.05, 3.63) is 29.3 Å². The first kappa shape index (κ1) is 12.6. The number of nitrogens with one attached hydrogen (secondary N) is 1.